The first-order chi connectivity index (χ1) is 8.15. The van der Waals surface area contributed by atoms with Gasteiger partial charge in [0.05, 0.1) is 17.4 Å². The van der Waals surface area contributed by atoms with Gasteiger partial charge in [-0.2, -0.15) is 0 Å². The molecule has 17 heavy (non-hydrogen) atoms. The monoisotopic (exact) mass is 232 g/mol. The summed E-state index contributed by atoms with van der Waals surface area (Å²) >= 11 is 0. The summed E-state index contributed by atoms with van der Waals surface area (Å²) in [5.41, 5.74) is 2.52. The Morgan fingerprint density at radius 1 is 1.53 bits per heavy atom. The molecular formula is C12H16N4O. The Morgan fingerprint density at radius 2 is 2.35 bits per heavy atom. The molecule has 1 atom stereocenters. The maximum Gasteiger partial charge on any atom is 0.241 e. The molecule has 5 heteroatoms. The van der Waals surface area contributed by atoms with Crippen LogP contribution in [0, 0.1) is 6.92 Å². The van der Waals surface area contributed by atoms with Gasteiger partial charge in [-0.05, 0) is 19.8 Å². The fourth-order valence-corrected chi connectivity index (χ4v) is 1.71. The van der Waals surface area contributed by atoms with Crippen molar-refractivity contribution in [3.8, 4) is 0 Å². The molecule has 0 aromatic carbocycles. The molecule has 2 rings (SSSR count). The molecule has 1 unspecified atom stereocenters. The number of hydrogen-bond acceptors (Lipinski definition) is 4. The highest BCUT2D eigenvalue weighted by Crippen LogP contribution is 2.10. The summed E-state index contributed by atoms with van der Waals surface area (Å²) in [6.07, 6.45) is 5.05. The molecule has 0 aliphatic carbocycles. The van der Waals surface area contributed by atoms with Crippen molar-refractivity contribution in [1.29, 1.82) is 0 Å². The lowest BCUT2D eigenvalue weighted by Gasteiger charge is -2.24. The van der Waals surface area contributed by atoms with E-state index in [1.807, 2.05) is 6.92 Å². The molecule has 90 valence electrons. The van der Waals surface area contributed by atoms with Crippen molar-refractivity contribution in [2.24, 2.45) is 0 Å². The summed E-state index contributed by atoms with van der Waals surface area (Å²) in [4.78, 5) is 20.0. The molecule has 2 heterocycles. The molecule has 1 fully saturated rings. The maximum absolute atomic E-state index is 11.6. The number of aromatic nitrogens is 2. The highest BCUT2D eigenvalue weighted by Gasteiger charge is 2.23. The van der Waals surface area contributed by atoms with E-state index >= 15 is 0 Å². The number of piperidine rings is 1. The summed E-state index contributed by atoms with van der Waals surface area (Å²) in [7, 11) is 0. The summed E-state index contributed by atoms with van der Waals surface area (Å²) in [5, 5.41) is 5.91. The molecule has 1 saturated heterocycles. The van der Waals surface area contributed by atoms with E-state index in [9.17, 15) is 4.79 Å². The number of nitrogens with zero attached hydrogens (tertiary/aromatic N) is 2. The SMILES string of the molecule is C=C1CCC(NCc2cnc(C)cn2)C(=O)N1. The van der Waals surface area contributed by atoms with Crippen molar-refractivity contribution in [2.75, 3.05) is 0 Å². The van der Waals surface area contributed by atoms with Crippen LogP contribution in [0.2, 0.25) is 0 Å². The molecule has 1 aliphatic heterocycles. The van der Waals surface area contributed by atoms with Crippen LogP contribution < -0.4 is 10.6 Å². The van der Waals surface area contributed by atoms with Crippen molar-refractivity contribution in [2.45, 2.75) is 32.4 Å². The molecule has 1 aliphatic rings. The third-order valence-corrected chi connectivity index (χ3v) is 2.72. The summed E-state index contributed by atoms with van der Waals surface area (Å²) in [6, 6.07) is -0.163. The van der Waals surface area contributed by atoms with Crippen LogP contribution in [-0.2, 0) is 11.3 Å². The summed E-state index contributed by atoms with van der Waals surface area (Å²) < 4.78 is 0. The highest BCUT2D eigenvalue weighted by atomic mass is 16.2. The van der Waals surface area contributed by atoms with E-state index in [-0.39, 0.29) is 11.9 Å². The second kappa shape index (κ2) is 5.05. The number of carbonyl (C=O) groups excluding carboxylic acids is 1. The first-order valence-corrected chi connectivity index (χ1v) is 5.64. The first kappa shape index (κ1) is 11.7. The molecule has 0 radical (unpaired) electrons. The van der Waals surface area contributed by atoms with Crippen LogP contribution in [0.1, 0.15) is 24.2 Å². The predicted molar refractivity (Wildman–Crippen MR) is 63.9 cm³/mol. The lowest BCUT2D eigenvalue weighted by Crippen LogP contribution is -2.46. The Morgan fingerprint density at radius 3 is 3.00 bits per heavy atom. The highest BCUT2D eigenvalue weighted by molar-refractivity contribution is 5.84. The fraction of sp³-hybridized carbons (Fsp3) is 0.417. The number of carbonyl (C=O) groups is 1. The van der Waals surface area contributed by atoms with Gasteiger partial charge < -0.3 is 10.6 Å². The van der Waals surface area contributed by atoms with Crippen LogP contribution in [0.4, 0.5) is 0 Å². The minimum Gasteiger partial charge on any atom is -0.329 e. The minimum absolute atomic E-state index is 0.0127. The second-order valence-electron chi connectivity index (χ2n) is 4.21. The zero-order valence-electron chi connectivity index (χ0n) is 9.86. The Bertz CT molecular complexity index is 427. The van der Waals surface area contributed by atoms with Crippen molar-refractivity contribution >= 4 is 5.91 Å². The van der Waals surface area contributed by atoms with Gasteiger partial charge in [0, 0.05) is 24.6 Å². The summed E-state index contributed by atoms with van der Waals surface area (Å²) in [6.45, 7) is 6.19. The van der Waals surface area contributed by atoms with E-state index in [0.717, 1.165) is 29.9 Å². The van der Waals surface area contributed by atoms with Crippen LogP contribution in [-0.4, -0.2) is 21.9 Å². The van der Waals surface area contributed by atoms with Gasteiger partial charge in [-0.1, -0.05) is 6.58 Å². The van der Waals surface area contributed by atoms with Crippen molar-refractivity contribution in [3.05, 3.63) is 36.1 Å². The van der Waals surface area contributed by atoms with E-state index in [2.05, 4.69) is 27.2 Å². The standard InChI is InChI=1S/C12H16N4O/c1-8-3-4-11(12(17)16-8)15-7-10-6-13-9(2)5-14-10/h5-6,11,15H,1,3-4,7H2,2H3,(H,16,17). The van der Waals surface area contributed by atoms with Crippen molar-refractivity contribution in [1.82, 2.24) is 20.6 Å². The van der Waals surface area contributed by atoms with Gasteiger partial charge in [-0.3, -0.25) is 14.8 Å². The first-order valence-electron chi connectivity index (χ1n) is 5.64. The Hall–Kier alpha value is -1.75. The van der Waals surface area contributed by atoms with Crippen molar-refractivity contribution in [3.63, 3.8) is 0 Å². The van der Waals surface area contributed by atoms with Gasteiger partial charge in [0.25, 0.3) is 0 Å². The maximum atomic E-state index is 11.6. The van der Waals surface area contributed by atoms with E-state index < -0.39 is 0 Å². The van der Waals surface area contributed by atoms with Gasteiger partial charge in [0.2, 0.25) is 5.91 Å². The smallest absolute Gasteiger partial charge is 0.241 e. The van der Waals surface area contributed by atoms with Gasteiger partial charge in [-0.15, -0.1) is 0 Å². The number of allylic oxidation sites excluding steroid dienone is 1. The average molecular weight is 232 g/mol. The average Bonchev–Trinajstić information content (AvgIpc) is 2.30. The van der Waals surface area contributed by atoms with E-state index in [0.29, 0.717) is 6.54 Å². The molecule has 1 aromatic rings. The van der Waals surface area contributed by atoms with E-state index in [1.54, 1.807) is 12.4 Å². The fourth-order valence-electron chi connectivity index (χ4n) is 1.71. The van der Waals surface area contributed by atoms with Crippen LogP contribution in [0.15, 0.2) is 24.7 Å². The second-order valence-corrected chi connectivity index (χ2v) is 4.21. The molecule has 1 aromatic heterocycles. The molecule has 5 nitrogen and oxygen atoms in total. The minimum atomic E-state index is -0.163. The molecule has 0 bridgehead atoms. The number of amides is 1. The Balaban J connectivity index is 1.88. The predicted octanol–water partition coefficient (Wildman–Crippen LogP) is 0.667. The summed E-state index contributed by atoms with van der Waals surface area (Å²) in [5.74, 6) is -0.0127. The molecule has 0 spiro atoms. The van der Waals surface area contributed by atoms with Gasteiger partial charge in [0.1, 0.15) is 0 Å². The molecule has 1 amide bonds. The molecule has 2 N–H and O–H groups in total. The van der Waals surface area contributed by atoms with Crippen molar-refractivity contribution < 1.29 is 4.79 Å². The molecule has 0 saturated carbocycles. The zero-order valence-corrected chi connectivity index (χ0v) is 9.86. The topological polar surface area (TPSA) is 66.9 Å². The van der Waals surface area contributed by atoms with Gasteiger partial charge in [0.15, 0.2) is 0 Å². The number of hydrogen-bond donors (Lipinski definition) is 2. The third kappa shape index (κ3) is 3.10. The molecular weight excluding hydrogens is 216 g/mol. The zero-order chi connectivity index (χ0) is 12.3. The van der Waals surface area contributed by atoms with E-state index in [4.69, 9.17) is 0 Å². The van der Waals surface area contributed by atoms with Gasteiger partial charge in [-0.25, -0.2) is 0 Å². The van der Waals surface area contributed by atoms with Gasteiger partial charge >= 0.3 is 0 Å². The number of nitrogens with one attached hydrogen (secondary N) is 2. The lowest BCUT2D eigenvalue weighted by atomic mass is 10.0. The quantitative estimate of drug-likeness (QED) is 0.803. The van der Waals surface area contributed by atoms with Crippen LogP contribution in [0.3, 0.4) is 0 Å². The normalized spacial score (nSPS) is 20.2. The Kier molecular flexibility index (Phi) is 3.49. The largest absolute Gasteiger partial charge is 0.329 e. The Labute approximate surface area is 100 Å². The lowest BCUT2D eigenvalue weighted by molar-refractivity contribution is -0.123. The number of aryl methyl sites for hydroxylation is 1. The van der Waals surface area contributed by atoms with E-state index in [1.165, 1.54) is 0 Å². The van der Waals surface area contributed by atoms with Crippen LogP contribution in [0.25, 0.3) is 0 Å². The number of rotatable bonds is 3. The van der Waals surface area contributed by atoms with Crippen LogP contribution >= 0.6 is 0 Å². The van der Waals surface area contributed by atoms with Crippen LogP contribution in [0.5, 0.6) is 0 Å². The third-order valence-electron chi connectivity index (χ3n) is 2.72.